The van der Waals surface area contributed by atoms with Crippen LogP contribution in [0.1, 0.15) is 29.7 Å². The first-order valence-electron chi connectivity index (χ1n) is 6.36. The van der Waals surface area contributed by atoms with Crippen LogP contribution in [-0.2, 0) is 0 Å². The molecule has 0 aliphatic carbocycles. The van der Waals surface area contributed by atoms with E-state index in [2.05, 4.69) is 35.0 Å². The van der Waals surface area contributed by atoms with E-state index in [9.17, 15) is 0 Å². The van der Waals surface area contributed by atoms with Crippen LogP contribution in [0.5, 0.6) is 5.75 Å². The monoisotopic (exact) mass is 319 g/mol. The topological polar surface area (TPSA) is 35.2 Å². The van der Waals surface area contributed by atoms with Crippen molar-refractivity contribution in [3.05, 3.63) is 63.6 Å². The van der Waals surface area contributed by atoms with Crippen LogP contribution in [0.15, 0.2) is 46.9 Å². The Morgan fingerprint density at radius 1 is 1.21 bits per heavy atom. The maximum absolute atomic E-state index is 6.38. The summed E-state index contributed by atoms with van der Waals surface area (Å²) in [5.74, 6) is 0.847. The van der Waals surface area contributed by atoms with E-state index < -0.39 is 0 Å². The fraction of sp³-hybridized carbons (Fsp3) is 0.250. The number of nitrogens with two attached hydrogens (primary N) is 1. The molecule has 2 N–H and O–H groups in total. The first kappa shape index (κ1) is 14.1. The SMILES string of the molecule is CCOc1ccc(Br)cc1C(N)c1cccc(C)c1. The molecule has 100 valence electrons. The molecular formula is C16H18BrNO. The minimum absolute atomic E-state index is 0.182. The molecule has 1 unspecified atom stereocenters. The van der Waals surface area contributed by atoms with Crippen LogP contribution < -0.4 is 10.5 Å². The lowest BCUT2D eigenvalue weighted by atomic mass is 9.97. The van der Waals surface area contributed by atoms with E-state index in [0.29, 0.717) is 6.61 Å². The lowest BCUT2D eigenvalue weighted by Gasteiger charge is -2.18. The van der Waals surface area contributed by atoms with E-state index in [1.165, 1.54) is 5.56 Å². The Hall–Kier alpha value is -1.32. The van der Waals surface area contributed by atoms with Gasteiger partial charge in [-0.15, -0.1) is 0 Å². The molecule has 0 bridgehead atoms. The number of aryl methyl sites for hydroxylation is 1. The third-order valence-electron chi connectivity index (χ3n) is 3.01. The van der Waals surface area contributed by atoms with Crippen LogP contribution >= 0.6 is 15.9 Å². The Morgan fingerprint density at radius 2 is 2.00 bits per heavy atom. The van der Waals surface area contributed by atoms with Crippen molar-refractivity contribution in [1.29, 1.82) is 0 Å². The third-order valence-corrected chi connectivity index (χ3v) is 3.50. The molecule has 0 heterocycles. The second-order valence-electron chi connectivity index (χ2n) is 4.51. The fourth-order valence-electron chi connectivity index (χ4n) is 2.09. The zero-order valence-electron chi connectivity index (χ0n) is 11.2. The summed E-state index contributed by atoms with van der Waals surface area (Å²) in [5, 5.41) is 0. The molecule has 3 heteroatoms. The van der Waals surface area contributed by atoms with Crippen molar-refractivity contribution in [3.63, 3.8) is 0 Å². The maximum Gasteiger partial charge on any atom is 0.124 e. The van der Waals surface area contributed by atoms with Crippen molar-refractivity contribution in [1.82, 2.24) is 0 Å². The van der Waals surface area contributed by atoms with E-state index in [-0.39, 0.29) is 6.04 Å². The Morgan fingerprint density at radius 3 is 2.68 bits per heavy atom. The highest BCUT2D eigenvalue weighted by molar-refractivity contribution is 9.10. The summed E-state index contributed by atoms with van der Waals surface area (Å²) < 4.78 is 6.67. The first-order chi connectivity index (χ1) is 9.11. The van der Waals surface area contributed by atoms with Gasteiger partial charge in [0.1, 0.15) is 5.75 Å². The Kier molecular flexibility index (Phi) is 4.61. The van der Waals surface area contributed by atoms with Gasteiger partial charge in [-0.1, -0.05) is 45.8 Å². The number of benzene rings is 2. The van der Waals surface area contributed by atoms with Crippen LogP contribution in [0, 0.1) is 6.92 Å². The number of halogens is 1. The van der Waals surface area contributed by atoms with Crippen molar-refractivity contribution in [2.75, 3.05) is 6.61 Å². The molecule has 0 radical (unpaired) electrons. The van der Waals surface area contributed by atoms with E-state index >= 15 is 0 Å². The van der Waals surface area contributed by atoms with Crippen LogP contribution in [0.2, 0.25) is 0 Å². The minimum atomic E-state index is -0.182. The molecule has 0 spiro atoms. The highest BCUT2D eigenvalue weighted by Crippen LogP contribution is 2.31. The standard InChI is InChI=1S/C16H18BrNO/c1-3-19-15-8-7-13(17)10-14(15)16(18)12-6-4-5-11(2)9-12/h4-10,16H,3,18H2,1-2H3. The summed E-state index contributed by atoms with van der Waals surface area (Å²) in [6.07, 6.45) is 0. The quantitative estimate of drug-likeness (QED) is 0.916. The summed E-state index contributed by atoms with van der Waals surface area (Å²) in [6.45, 7) is 4.68. The molecular weight excluding hydrogens is 302 g/mol. The molecule has 2 nitrogen and oxygen atoms in total. The van der Waals surface area contributed by atoms with Crippen LogP contribution in [-0.4, -0.2) is 6.61 Å². The molecule has 2 aromatic carbocycles. The van der Waals surface area contributed by atoms with Gasteiger partial charge < -0.3 is 10.5 Å². The number of rotatable bonds is 4. The largest absolute Gasteiger partial charge is 0.494 e. The molecule has 0 aliphatic heterocycles. The van der Waals surface area contributed by atoms with Crippen LogP contribution in [0.25, 0.3) is 0 Å². The van der Waals surface area contributed by atoms with Gasteiger partial charge >= 0.3 is 0 Å². The molecule has 2 rings (SSSR count). The molecule has 0 saturated heterocycles. The first-order valence-corrected chi connectivity index (χ1v) is 7.15. The number of hydrogen-bond donors (Lipinski definition) is 1. The van der Waals surface area contributed by atoms with Crippen LogP contribution in [0.4, 0.5) is 0 Å². The summed E-state index contributed by atoms with van der Waals surface area (Å²) in [6, 6.07) is 14.0. The van der Waals surface area contributed by atoms with Gasteiger partial charge in [0.15, 0.2) is 0 Å². The Labute approximate surface area is 122 Å². The highest BCUT2D eigenvalue weighted by Gasteiger charge is 2.14. The second kappa shape index (κ2) is 6.22. The average Bonchev–Trinajstić information content (AvgIpc) is 2.40. The summed E-state index contributed by atoms with van der Waals surface area (Å²) in [4.78, 5) is 0. The predicted octanol–water partition coefficient (Wildman–Crippen LogP) is 4.20. The molecule has 19 heavy (non-hydrogen) atoms. The van der Waals surface area contributed by atoms with E-state index in [4.69, 9.17) is 10.5 Å². The van der Waals surface area contributed by atoms with Gasteiger partial charge in [-0.2, -0.15) is 0 Å². The fourth-order valence-corrected chi connectivity index (χ4v) is 2.47. The molecule has 2 aromatic rings. The van der Waals surface area contributed by atoms with Crippen molar-refractivity contribution in [3.8, 4) is 5.75 Å². The van der Waals surface area contributed by atoms with Crippen molar-refractivity contribution < 1.29 is 4.74 Å². The van der Waals surface area contributed by atoms with Gasteiger partial charge in [0.25, 0.3) is 0 Å². The van der Waals surface area contributed by atoms with Crippen molar-refractivity contribution in [2.24, 2.45) is 5.73 Å². The van der Waals surface area contributed by atoms with Crippen molar-refractivity contribution in [2.45, 2.75) is 19.9 Å². The lowest BCUT2D eigenvalue weighted by molar-refractivity contribution is 0.335. The van der Waals surface area contributed by atoms with Gasteiger partial charge in [-0.25, -0.2) is 0 Å². The average molecular weight is 320 g/mol. The smallest absolute Gasteiger partial charge is 0.124 e. The van der Waals surface area contributed by atoms with Crippen molar-refractivity contribution >= 4 is 15.9 Å². The van der Waals surface area contributed by atoms with Gasteiger partial charge in [0.05, 0.1) is 12.6 Å². The molecule has 0 amide bonds. The Bertz CT molecular complexity index is 568. The third kappa shape index (κ3) is 3.37. The summed E-state index contributed by atoms with van der Waals surface area (Å²) in [7, 11) is 0. The van der Waals surface area contributed by atoms with Gasteiger partial charge in [-0.3, -0.25) is 0 Å². The molecule has 1 atom stereocenters. The van der Waals surface area contributed by atoms with E-state index in [1.807, 2.05) is 37.3 Å². The molecule has 0 aromatic heterocycles. The second-order valence-corrected chi connectivity index (χ2v) is 5.42. The van der Waals surface area contributed by atoms with E-state index in [1.54, 1.807) is 0 Å². The van der Waals surface area contributed by atoms with Crippen LogP contribution in [0.3, 0.4) is 0 Å². The van der Waals surface area contributed by atoms with Gasteiger partial charge in [0, 0.05) is 10.0 Å². The number of ether oxygens (including phenoxy) is 1. The minimum Gasteiger partial charge on any atom is -0.494 e. The molecule has 0 saturated carbocycles. The molecule has 0 fully saturated rings. The lowest BCUT2D eigenvalue weighted by Crippen LogP contribution is -2.13. The van der Waals surface area contributed by atoms with Gasteiger partial charge in [0.2, 0.25) is 0 Å². The zero-order chi connectivity index (χ0) is 13.8. The zero-order valence-corrected chi connectivity index (χ0v) is 12.8. The predicted molar refractivity (Wildman–Crippen MR) is 82.5 cm³/mol. The summed E-state index contributed by atoms with van der Waals surface area (Å²) in [5.41, 5.74) is 9.69. The highest BCUT2D eigenvalue weighted by atomic mass is 79.9. The number of hydrogen-bond acceptors (Lipinski definition) is 2. The molecule has 0 aliphatic rings. The Balaban J connectivity index is 2.42. The maximum atomic E-state index is 6.38. The van der Waals surface area contributed by atoms with E-state index in [0.717, 1.165) is 21.3 Å². The van der Waals surface area contributed by atoms with Gasteiger partial charge in [-0.05, 0) is 37.6 Å². The normalized spacial score (nSPS) is 12.2. The summed E-state index contributed by atoms with van der Waals surface area (Å²) >= 11 is 3.49.